The van der Waals surface area contributed by atoms with Crippen molar-refractivity contribution in [3.63, 3.8) is 0 Å². The fraction of sp³-hybridized carbons (Fsp3) is 0.462. The topological polar surface area (TPSA) is 87.5 Å². The molecule has 2 N–H and O–H groups in total. The van der Waals surface area contributed by atoms with E-state index in [0.717, 1.165) is 30.6 Å². The molecule has 0 spiro atoms. The first-order valence-electron chi connectivity index (χ1n) is 6.24. The number of carboxylic acids is 1. The van der Waals surface area contributed by atoms with Gasteiger partial charge in [-0.1, -0.05) is 11.3 Å². The molecule has 0 atom stereocenters. The highest BCUT2D eigenvalue weighted by atomic mass is 32.1. The Balaban J connectivity index is 2.04. The van der Waals surface area contributed by atoms with Crippen LogP contribution in [0.2, 0.25) is 0 Å². The lowest BCUT2D eigenvalue weighted by Crippen LogP contribution is -2.18. The zero-order chi connectivity index (χ0) is 13.6. The maximum absolute atomic E-state index is 11.9. The predicted molar refractivity (Wildman–Crippen MR) is 69.7 cm³/mol. The summed E-state index contributed by atoms with van der Waals surface area (Å²) >= 11 is 1.12. The molecule has 0 saturated heterocycles. The largest absolute Gasteiger partial charge is 0.484 e. The summed E-state index contributed by atoms with van der Waals surface area (Å²) in [6.07, 6.45) is 3.03. The van der Waals surface area contributed by atoms with Gasteiger partial charge in [0, 0.05) is 11.5 Å². The fourth-order valence-corrected chi connectivity index (χ4v) is 3.44. The van der Waals surface area contributed by atoms with Gasteiger partial charge in [-0.2, -0.15) is 0 Å². The average molecular weight is 279 g/mol. The maximum Gasteiger partial charge on any atom is 0.337 e. The highest BCUT2D eigenvalue weighted by Crippen LogP contribution is 2.40. The van der Waals surface area contributed by atoms with Crippen molar-refractivity contribution in [2.24, 2.45) is 5.92 Å². The number of Topliss-reactive ketones (excluding diaryl/α,β-unsaturated/α-hetero) is 1. The van der Waals surface area contributed by atoms with Crippen LogP contribution in [0.1, 0.15) is 40.1 Å². The lowest BCUT2D eigenvalue weighted by atomic mass is 10.0. The van der Waals surface area contributed by atoms with Crippen LogP contribution in [0, 0.1) is 11.3 Å². The molecule has 1 fully saturated rings. The highest BCUT2D eigenvalue weighted by molar-refractivity contribution is 7.17. The molecule has 1 saturated carbocycles. The maximum atomic E-state index is 11.9. The number of aromatic carboxylic acids is 1. The lowest BCUT2D eigenvalue weighted by molar-refractivity contribution is -0.114. The number of rotatable bonds is 4. The second kappa shape index (κ2) is 4.45. The van der Waals surface area contributed by atoms with E-state index in [1.807, 2.05) is 0 Å². The van der Waals surface area contributed by atoms with Crippen molar-refractivity contribution in [3.8, 4) is 5.06 Å². The van der Waals surface area contributed by atoms with Crippen LogP contribution in [-0.2, 0) is 11.2 Å². The number of ketones is 1. The van der Waals surface area contributed by atoms with E-state index in [9.17, 15) is 14.7 Å². The molecule has 0 unspecified atom stereocenters. The van der Waals surface area contributed by atoms with E-state index < -0.39 is 5.97 Å². The van der Waals surface area contributed by atoms with Gasteiger partial charge < -0.3 is 9.84 Å². The van der Waals surface area contributed by atoms with E-state index in [-0.39, 0.29) is 27.9 Å². The Morgan fingerprint density at radius 3 is 2.74 bits per heavy atom. The number of carboxylic acid groups (broad SMARTS) is 1. The minimum Gasteiger partial charge on any atom is -0.484 e. The minimum atomic E-state index is -1.08. The molecule has 2 aliphatic rings. The second-order valence-electron chi connectivity index (χ2n) is 4.84. The molecule has 3 rings (SSSR count). The normalized spacial score (nSPS) is 17.5. The Morgan fingerprint density at radius 2 is 2.11 bits per heavy atom. The second-order valence-corrected chi connectivity index (χ2v) is 5.83. The summed E-state index contributed by atoms with van der Waals surface area (Å²) in [6, 6.07) is 0. The van der Waals surface area contributed by atoms with Crippen LogP contribution in [0.5, 0.6) is 5.06 Å². The summed E-state index contributed by atoms with van der Waals surface area (Å²) in [7, 11) is 0. The summed E-state index contributed by atoms with van der Waals surface area (Å²) in [5, 5.41) is 17.9. The van der Waals surface area contributed by atoms with Gasteiger partial charge in [0.15, 0.2) is 10.8 Å². The molecule has 0 radical (unpaired) electrons. The van der Waals surface area contributed by atoms with Gasteiger partial charge in [-0.25, -0.2) is 4.79 Å². The quantitative estimate of drug-likeness (QED) is 0.826. The first-order chi connectivity index (χ1) is 9.09. The third kappa shape index (κ3) is 2.06. The van der Waals surface area contributed by atoms with E-state index in [4.69, 9.17) is 10.1 Å². The van der Waals surface area contributed by atoms with Gasteiger partial charge in [0.25, 0.3) is 0 Å². The van der Waals surface area contributed by atoms with Gasteiger partial charge in [-0.3, -0.25) is 10.2 Å². The van der Waals surface area contributed by atoms with E-state index in [0.29, 0.717) is 23.7 Å². The SMILES string of the molecule is N=C(C(=O)C1CC1)c1sc2c(c1C(=O)O)CCCO2. The van der Waals surface area contributed by atoms with Crippen LogP contribution in [-0.4, -0.2) is 29.2 Å². The molecule has 19 heavy (non-hydrogen) atoms. The van der Waals surface area contributed by atoms with Gasteiger partial charge in [0.2, 0.25) is 0 Å². The molecule has 0 bridgehead atoms. The molecule has 1 aromatic rings. The Hall–Kier alpha value is -1.69. The third-order valence-electron chi connectivity index (χ3n) is 3.41. The molecule has 2 heterocycles. The molecule has 1 aliphatic heterocycles. The summed E-state index contributed by atoms with van der Waals surface area (Å²) in [6.45, 7) is 0.565. The molecule has 5 nitrogen and oxygen atoms in total. The van der Waals surface area contributed by atoms with Crippen LogP contribution in [0.4, 0.5) is 0 Å². The third-order valence-corrected chi connectivity index (χ3v) is 4.57. The van der Waals surface area contributed by atoms with Gasteiger partial charge in [0.1, 0.15) is 5.71 Å². The number of fused-ring (bicyclic) bond motifs is 1. The molecule has 6 heteroatoms. The molecular formula is C13H13NO4S. The van der Waals surface area contributed by atoms with Gasteiger partial charge in [-0.05, 0) is 25.7 Å². The molecule has 0 amide bonds. The van der Waals surface area contributed by atoms with E-state index in [1.165, 1.54) is 0 Å². The highest BCUT2D eigenvalue weighted by Gasteiger charge is 2.36. The summed E-state index contributed by atoms with van der Waals surface area (Å²) in [5.41, 5.74) is 0.577. The predicted octanol–water partition coefficient (Wildman–Crippen LogP) is 2.12. The van der Waals surface area contributed by atoms with E-state index in [2.05, 4.69) is 0 Å². The minimum absolute atomic E-state index is 0.0748. The zero-order valence-corrected chi connectivity index (χ0v) is 11.0. The van der Waals surface area contributed by atoms with Crippen LogP contribution in [0.15, 0.2) is 0 Å². The first-order valence-corrected chi connectivity index (χ1v) is 7.06. The molecular weight excluding hydrogens is 266 g/mol. The van der Waals surface area contributed by atoms with Crippen molar-refractivity contribution in [3.05, 3.63) is 16.0 Å². The van der Waals surface area contributed by atoms with Crippen LogP contribution in [0.3, 0.4) is 0 Å². The number of carbonyl (C=O) groups excluding carboxylic acids is 1. The Morgan fingerprint density at radius 1 is 1.37 bits per heavy atom. The smallest absolute Gasteiger partial charge is 0.337 e. The van der Waals surface area contributed by atoms with E-state index in [1.54, 1.807) is 0 Å². The van der Waals surface area contributed by atoms with Crippen LogP contribution >= 0.6 is 11.3 Å². The molecule has 100 valence electrons. The number of hydrogen-bond acceptors (Lipinski definition) is 5. The van der Waals surface area contributed by atoms with Crippen molar-refractivity contribution in [1.29, 1.82) is 5.41 Å². The number of thiophene rings is 1. The average Bonchev–Trinajstić information content (AvgIpc) is 3.16. The van der Waals surface area contributed by atoms with Gasteiger partial charge >= 0.3 is 5.97 Å². The number of ether oxygens (including phenoxy) is 1. The summed E-state index contributed by atoms with van der Waals surface area (Å²) in [4.78, 5) is 23.6. The van der Waals surface area contributed by atoms with Crippen molar-refractivity contribution in [2.45, 2.75) is 25.7 Å². The van der Waals surface area contributed by atoms with Crippen molar-refractivity contribution < 1.29 is 19.4 Å². The Bertz CT molecular complexity index is 586. The zero-order valence-electron chi connectivity index (χ0n) is 10.2. The number of nitrogens with one attached hydrogen (secondary N) is 1. The van der Waals surface area contributed by atoms with Gasteiger partial charge in [-0.15, -0.1) is 0 Å². The molecule has 0 aromatic carbocycles. The fourth-order valence-electron chi connectivity index (χ4n) is 2.27. The Labute approximate surface area is 113 Å². The summed E-state index contributed by atoms with van der Waals surface area (Å²) in [5.74, 6) is -1.39. The lowest BCUT2D eigenvalue weighted by Gasteiger charge is -2.12. The molecule has 1 aromatic heterocycles. The first kappa shape index (κ1) is 12.3. The number of carbonyl (C=O) groups is 2. The standard InChI is InChI=1S/C13H13NO4S/c14-9(10(15)6-3-4-6)11-8(12(16)17)7-2-1-5-18-13(7)19-11/h6,14H,1-5H2,(H,16,17). The van der Waals surface area contributed by atoms with Crippen molar-refractivity contribution in [2.75, 3.05) is 6.61 Å². The van der Waals surface area contributed by atoms with Crippen LogP contribution in [0.25, 0.3) is 0 Å². The monoisotopic (exact) mass is 279 g/mol. The van der Waals surface area contributed by atoms with Gasteiger partial charge in [0.05, 0.1) is 17.0 Å². The Kier molecular flexibility index (Phi) is 2.89. The van der Waals surface area contributed by atoms with Crippen LogP contribution < -0.4 is 4.74 Å². The molecule has 1 aliphatic carbocycles. The van der Waals surface area contributed by atoms with Crippen molar-refractivity contribution in [1.82, 2.24) is 0 Å². The van der Waals surface area contributed by atoms with E-state index >= 15 is 0 Å². The van der Waals surface area contributed by atoms with Crippen molar-refractivity contribution >= 4 is 28.8 Å². The number of hydrogen-bond donors (Lipinski definition) is 2. The summed E-state index contributed by atoms with van der Waals surface area (Å²) < 4.78 is 5.45.